The van der Waals surface area contributed by atoms with Gasteiger partial charge in [-0.15, -0.1) is 0 Å². The Balaban J connectivity index is 2.35. The minimum Gasteiger partial charge on any atom is -0.353 e. The fourth-order valence-electron chi connectivity index (χ4n) is 2.45. The molecule has 2 aromatic heterocycles. The van der Waals surface area contributed by atoms with Gasteiger partial charge >= 0.3 is 0 Å². The maximum atomic E-state index is 4.12. The van der Waals surface area contributed by atoms with E-state index in [0.717, 1.165) is 12.8 Å². The van der Waals surface area contributed by atoms with E-state index in [9.17, 15) is 0 Å². The minimum absolute atomic E-state index is 1.11. The van der Waals surface area contributed by atoms with Crippen molar-refractivity contribution in [3.8, 4) is 11.3 Å². The van der Waals surface area contributed by atoms with Crippen LogP contribution >= 0.6 is 0 Å². The molecule has 2 heterocycles. The van der Waals surface area contributed by atoms with E-state index in [4.69, 9.17) is 0 Å². The monoisotopic (exact) mass is 187 g/mol. The Hall–Kier alpha value is -1.51. The normalized spacial score (nSPS) is 13.9. The van der Waals surface area contributed by atoms with Gasteiger partial charge in [-0.2, -0.15) is 5.10 Å². The van der Waals surface area contributed by atoms with Crippen molar-refractivity contribution in [1.82, 2.24) is 14.8 Å². The summed E-state index contributed by atoms with van der Waals surface area (Å²) < 4.78 is 2.23. The van der Waals surface area contributed by atoms with Crippen LogP contribution in [0.5, 0.6) is 0 Å². The van der Waals surface area contributed by atoms with Gasteiger partial charge in [-0.1, -0.05) is 0 Å². The molecule has 0 fully saturated rings. The molecule has 14 heavy (non-hydrogen) atoms. The number of nitrogens with one attached hydrogen (secondary N) is 1. The molecule has 0 amide bonds. The Labute approximate surface area is 82.8 Å². The first-order chi connectivity index (χ1) is 6.77. The van der Waals surface area contributed by atoms with Gasteiger partial charge in [-0.3, -0.25) is 5.10 Å². The zero-order chi connectivity index (χ0) is 9.71. The molecule has 0 aromatic carbocycles. The lowest BCUT2D eigenvalue weighted by molar-refractivity contribution is 0.793. The number of rotatable bonds is 0. The molecule has 1 N–H and O–H groups in total. The zero-order valence-electron chi connectivity index (χ0n) is 8.46. The highest BCUT2D eigenvalue weighted by atomic mass is 15.1. The van der Waals surface area contributed by atoms with Crippen LogP contribution in [0.2, 0.25) is 0 Å². The smallest absolute Gasteiger partial charge is 0.0703 e. The predicted molar refractivity (Wildman–Crippen MR) is 55.1 cm³/mol. The molecule has 72 valence electrons. The Morgan fingerprint density at radius 3 is 3.14 bits per heavy atom. The standard InChI is InChI=1S/C11H13N3/c1-7-6-14(2)9-4-3-8-5-12-13-11(8)10(7)9/h5-6H,3-4H2,1-2H3,(H,12,13). The third kappa shape index (κ3) is 0.842. The molecule has 0 bridgehead atoms. The molecule has 0 saturated heterocycles. The van der Waals surface area contributed by atoms with Crippen LogP contribution in [-0.2, 0) is 19.9 Å². The summed E-state index contributed by atoms with van der Waals surface area (Å²) in [6, 6.07) is 0. The van der Waals surface area contributed by atoms with Crippen LogP contribution in [0.4, 0.5) is 0 Å². The second-order valence-electron chi connectivity index (χ2n) is 4.01. The highest BCUT2D eigenvalue weighted by Crippen LogP contribution is 2.34. The number of hydrogen-bond donors (Lipinski definition) is 1. The molecular formula is C11H13N3. The molecule has 1 aliphatic rings. The van der Waals surface area contributed by atoms with Gasteiger partial charge in [-0.25, -0.2) is 0 Å². The molecule has 0 saturated carbocycles. The van der Waals surface area contributed by atoms with Gasteiger partial charge in [-0.05, 0) is 30.9 Å². The third-order valence-electron chi connectivity index (χ3n) is 3.09. The molecule has 3 nitrogen and oxygen atoms in total. The first-order valence-electron chi connectivity index (χ1n) is 4.95. The lowest BCUT2D eigenvalue weighted by Gasteiger charge is -2.13. The first-order valence-corrected chi connectivity index (χ1v) is 4.95. The molecule has 0 radical (unpaired) electrons. The summed E-state index contributed by atoms with van der Waals surface area (Å²) in [6.45, 7) is 2.16. The molecular weight excluding hydrogens is 174 g/mol. The van der Waals surface area contributed by atoms with Crippen LogP contribution in [-0.4, -0.2) is 14.8 Å². The van der Waals surface area contributed by atoms with E-state index in [1.54, 1.807) is 0 Å². The van der Waals surface area contributed by atoms with Crippen molar-refractivity contribution in [3.63, 3.8) is 0 Å². The maximum absolute atomic E-state index is 4.12. The number of H-pyrrole nitrogens is 1. The average molecular weight is 187 g/mol. The molecule has 0 aliphatic heterocycles. The fourth-order valence-corrected chi connectivity index (χ4v) is 2.45. The highest BCUT2D eigenvalue weighted by Gasteiger charge is 2.22. The van der Waals surface area contributed by atoms with E-state index in [-0.39, 0.29) is 0 Å². The van der Waals surface area contributed by atoms with E-state index in [0.29, 0.717) is 0 Å². The third-order valence-corrected chi connectivity index (χ3v) is 3.09. The second kappa shape index (κ2) is 2.50. The van der Waals surface area contributed by atoms with Crippen LogP contribution in [0.1, 0.15) is 16.8 Å². The highest BCUT2D eigenvalue weighted by molar-refractivity contribution is 5.71. The van der Waals surface area contributed by atoms with Crippen LogP contribution in [0.3, 0.4) is 0 Å². The van der Waals surface area contributed by atoms with E-state index < -0.39 is 0 Å². The second-order valence-corrected chi connectivity index (χ2v) is 4.01. The van der Waals surface area contributed by atoms with Crippen LogP contribution in [0.25, 0.3) is 11.3 Å². The van der Waals surface area contributed by atoms with Gasteiger partial charge in [0.25, 0.3) is 0 Å². The number of hydrogen-bond acceptors (Lipinski definition) is 1. The summed E-state index contributed by atoms with van der Waals surface area (Å²) in [6.07, 6.45) is 6.38. The van der Waals surface area contributed by atoms with E-state index in [2.05, 4.69) is 34.9 Å². The average Bonchev–Trinajstić information content (AvgIpc) is 2.71. The molecule has 2 aromatic rings. The fraction of sp³-hybridized carbons (Fsp3) is 0.364. The Bertz CT molecular complexity index is 491. The van der Waals surface area contributed by atoms with Gasteiger partial charge in [0.05, 0.1) is 11.9 Å². The van der Waals surface area contributed by atoms with Crippen molar-refractivity contribution >= 4 is 0 Å². The Morgan fingerprint density at radius 2 is 2.29 bits per heavy atom. The van der Waals surface area contributed by atoms with Crippen molar-refractivity contribution in [1.29, 1.82) is 0 Å². The van der Waals surface area contributed by atoms with E-state index in [1.165, 1.54) is 28.1 Å². The quantitative estimate of drug-likeness (QED) is 0.670. The summed E-state index contributed by atoms with van der Waals surface area (Å²) in [7, 11) is 2.12. The van der Waals surface area contributed by atoms with Gasteiger partial charge in [0, 0.05) is 24.5 Å². The summed E-state index contributed by atoms with van der Waals surface area (Å²) in [5.41, 5.74) is 6.72. The van der Waals surface area contributed by atoms with E-state index in [1.807, 2.05) is 6.20 Å². The number of nitrogens with zero attached hydrogens (tertiary/aromatic N) is 2. The minimum atomic E-state index is 1.11. The number of aromatic nitrogens is 3. The van der Waals surface area contributed by atoms with Crippen LogP contribution in [0.15, 0.2) is 12.4 Å². The molecule has 3 rings (SSSR count). The number of fused-ring (bicyclic) bond motifs is 3. The lowest BCUT2D eigenvalue weighted by Crippen LogP contribution is -2.05. The molecule has 0 spiro atoms. The Morgan fingerprint density at radius 1 is 1.43 bits per heavy atom. The summed E-state index contributed by atoms with van der Waals surface area (Å²) in [4.78, 5) is 0. The van der Waals surface area contributed by atoms with E-state index >= 15 is 0 Å². The first kappa shape index (κ1) is 7.85. The van der Waals surface area contributed by atoms with Crippen LogP contribution < -0.4 is 0 Å². The molecule has 0 atom stereocenters. The van der Waals surface area contributed by atoms with Crippen molar-refractivity contribution in [3.05, 3.63) is 29.2 Å². The SMILES string of the molecule is Cc1cn(C)c2c1-c1[nH]ncc1CC2. The van der Waals surface area contributed by atoms with Gasteiger partial charge in [0.1, 0.15) is 0 Å². The van der Waals surface area contributed by atoms with Crippen molar-refractivity contribution in [2.24, 2.45) is 7.05 Å². The topological polar surface area (TPSA) is 33.6 Å². The number of aromatic amines is 1. The molecule has 1 aliphatic carbocycles. The summed E-state index contributed by atoms with van der Waals surface area (Å²) >= 11 is 0. The summed E-state index contributed by atoms with van der Waals surface area (Å²) in [5, 5.41) is 7.22. The Kier molecular flexibility index (Phi) is 1.40. The van der Waals surface area contributed by atoms with Gasteiger partial charge in [0.15, 0.2) is 0 Å². The number of aryl methyl sites for hydroxylation is 3. The molecule has 3 heteroatoms. The lowest BCUT2D eigenvalue weighted by atomic mass is 9.94. The summed E-state index contributed by atoms with van der Waals surface area (Å²) in [5.74, 6) is 0. The zero-order valence-corrected chi connectivity index (χ0v) is 8.46. The van der Waals surface area contributed by atoms with Gasteiger partial charge < -0.3 is 4.57 Å². The van der Waals surface area contributed by atoms with Gasteiger partial charge in [0.2, 0.25) is 0 Å². The largest absolute Gasteiger partial charge is 0.353 e. The molecule has 0 unspecified atom stereocenters. The van der Waals surface area contributed by atoms with Crippen molar-refractivity contribution < 1.29 is 0 Å². The predicted octanol–water partition coefficient (Wildman–Crippen LogP) is 1.82. The van der Waals surface area contributed by atoms with Crippen molar-refractivity contribution in [2.75, 3.05) is 0 Å². The maximum Gasteiger partial charge on any atom is 0.0703 e. The van der Waals surface area contributed by atoms with Crippen molar-refractivity contribution in [2.45, 2.75) is 19.8 Å². The van der Waals surface area contributed by atoms with Crippen LogP contribution in [0, 0.1) is 6.92 Å².